The summed E-state index contributed by atoms with van der Waals surface area (Å²) in [6.45, 7) is 8.30. The second kappa shape index (κ2) is 15.4. The first-order valence-electron chi connectivity index (χ1n) is 16.8. The molecule has 0 spiro atoms. The lowest BCUT2D eigenvalue weighted by molar-refractivity contribution is 1.23. The van der Waals surface area contributed by atoms with Crippen molar-refractivity contribution in [1.82, 2.24) is 0 Å². The summed E-state index contributed by atoms with van der Waals surface area (Å²) in [6, 6.07) is 25.2. The molecular weight excluding hydrogens is 605 g/mol. The van der Waals surface area contributed by atoms with Crippen LogP contribution < -0.4 is 0 Å². The summed E-state index contributed by atoms with van der Waals surface area (Å²) in [5.41, 5.74) is 7.69. The molecule has 2 heterocycles. The van der Waals surface area contributed by atoms with Crippen LogP contribution in [0.25, 0.3) is 58.5 Å². The van der Waals surface area contributed by atoms with Gasteiger partial charge in [0, 0.05) is 19.5 Å². The van der Waals surface area contributed by atoms with Crippen LogP contribution in [-0.2, 0) is 0 Å². The number of hydrogen-bond donors (Lipinski definition) is 0. The summed E-state index contributed by atoms with van der Waals surface area (Å²) in [6.07, 6.45) is 32.2. The highest BCUT2D eigenvalue weighted by Gasteiger charge is 2.19. The maximum atomic E-state index is 2.43. The van der Waals surface area contributed by atoms with E-state index in [-0.39, 0.29) is 0 Å². The van der Waals surface area contributed by atoms with Crippen molar-refractivity contribution in [3.8, 4) is 20.2 Å². The molecule has 0 nitrogen and oxygen atoms in total. The third kappa shape index (κ3) is 6.81. The Labute approximate surface area is 288 Å². The van der Waals surface area contributed by atoms with Gasteiger partial charge in [-0.15, -0.1) is 22.7 Å². The topological polar surface area (TPSA) is 0 Å². The Balaban J connectivity index is 0.00000190. The quantitative estimate of drug-likeness (QED) is 0.122. The molecular formula is C45H42S2. The molecule has 0 saturated heterocycles. The van der Waals surface area contributed by atoms with E-state index in [4.69, 9.17) is 0 Å². The van der Waals surface area contributed by atoms with Crippen molar-refractivity contribution in [3.63, 3.8) is 0 Å². The second-order valence-corrected chi connectivity index (χ2v) is 13.5. The highest BCUT2D eigenvalue weighted by molar-refractivity contribution is 7.24. The molecule has 2 heteroatoms. The Kier molecular flexibility index (Phi) is 10.6. The highest BCUT2D eigenvalue weighted by atomic mass is 32.1. The maximum absolute atomic E-state index is 2.43. The Morgan fingerprint density at radius 3 is 1.91 bits per heavy atom. The average molecular weight is 647 g/mol. The van der Waals surface area contributed by atoms with Crippen molar-refractivity contribution in [2.75, 3.05) is 0 Å². The van der Waals surface area contributed by atoms with Crippen molar-refractivity contribution < 1.29 is 0 Å². The van der Waals surface area contributed by atoms with Crippen molar-refractivity contribution in [2.24, 2.45) is 0 Å². The van der Waals surface area contributed by atoms with Gasteiger partial charge in [-0.25, -0.2) is 0 Å². The predicted octanol–water partition coefficient (Wildman–Crippen LogP) is 14.6. The van der Waals surface area contributed by atoms with Gasteiger partial charge in [-0.05, 0) is 111 Å². The normalized spacial score (nSPS) is 14.7. The predicted molar refractivity (Wildman–Crippen MR) is 214 cm³/mol. The van der Waals surface area contributed by atoms with Crippen LogP contribution in [0.1, 0.15) is 63.0 Å². The molecule has 0 radical (unpaired) electrons. The molecule has 2 aliphatic rings. The molecule has 0 unspecified atom stereocenters. The number of thiophene rings is 2. The molecule has 47 heavy (non-hydrogen) atoms. The fourth-order valence-corrected chi connectivity index (χ4v) is 8.42. The van der Waals surface area contributed by atoms with E-state index in [1.54, 1.807) is 0 Å². The van der Waals surface area contributed by atoms with E-state index >= 15 is 0 Å². The maximum Gasteiger partial charge on any atom is 0.0449 e. The molecule has 0 atom stereocenters. The summed E-state index contributed by atoms with van der Waals surface area (Å²) >= 11 is 3.76. The number of hydrogen-bond acceptors (Lipinski definition) is 2. The van der Waals surface area contributed by atoms with E-state index in [0.29, 0.717) is 0 Å². The highest BCUT2D eigenvalue weighted by Crippen LogP contribution is 2.44. The number of rotatable bonds is 7. The zero-order valence-corrected chi connectivity index (χ0v) is 29.4. The molecule has 0 aliphatic heterocycles. The molecule has 3 aromatic carbocycles. The average Bonchev–Trinajstić information content (AvgIpc) is 3.63. The van der Waals surface area contributed by atoms with Gasteiger partial charge in [0.15, 0.2) is 0 Å². The van der Waals surface area contributed by atoms with Crippen LogP contribution in [0.2, 0.25) is 0 Å². The summed E-state index contributed by atoms with van der Waals surface area (Å²) in [5.74, 6) is 0. The van der Waals surface area contributed by atoms with Crippen LogP contribution >= 0.6 is 22.7 Å². The Morgan fingerprint density at radius 1 is 0.660 bits per heavy atom. The van der Waals surface area contributed by atoms with Crippen LogP contribution in [0.5, 0.6) is 0 Å². The molecule has 2 aromatic heterocycles. The van der Waals surface area contributed by atoms with E-state index in [0.717, 1.165) is 19.3 Å². The Morgan fingerprint density at radius 2 is 1.26 bits per heavy atom. The zero-order valence-electron chi connectivity index (χ0n) is 27.8. The van der Waals surface area contributed by atoms with E-state index in [1.165, 1.54) is 74.5 Å². The molecule has 234 valence electrons. The van der Waals surface area contributed by atoms with Crippen LogP contribution in [0.4, 0.5) is 0 Å². The van der Waals surface area contributed by atoms with Gasteiger partial charge >= 0.3 is 0 Å². The first kappa shape index (κ1) is 32.4. The second-order valence-electron chi connectivity index (χ2n) is 11.3. The van der Waals surface area contributed by atoms with Gasteiger partial charge in [-0.3, -0.25) is 0 Å². The molecule has 7 rings (SSSR count). The minimum Gasteiger partial charge on any atom is -0.134 e. The fourth-order valence-electron chi connectivity index (χ4n) is 6.26. The molecule has 0 fully saturated rings. The van der Waals surface area contributed by atoms with Crippen molar-refractivity contribution in [3.05, 3.63) is 162 Å². The SMILES string of the molecule is C/C=C(\C=C/CC)c1ccc(-c2ccc(-c3ccc4c(C5=CC=CCC=C5)c5ccccc5c(C5=CC=CCC=C5)c4c3)s2)s1.CC. The lowest BCUT2D eigenvalue weighted by Crippen LogP contribution is -1.95. The van der Waals surface area contributed by atoms with Gasteiger partial charge in [0.25, 0.3) is 0 Å². The molecule has 0 saturated carbocycles. The molecule has 0 amide bonds. The first-order chi connectivity index (χ1) is 23.2. The minimum absolute atomic E-state index is 0.954. The van der Waals surface area contributed by atoms with Gasteiger partial charge < -0.3 is 0 Å². The van der Waals surface area contributed by atoms with Gasteiger partial charge in [0.2, 0.25) is 0 Å². The third-order valence-electron chi connectivity index (χ3n) is 8.43. The summed E-state index contributed by atoms with van der Waals surface area (Å²) in [7, 11) is 0. The van der Waals surface area contributed by atoms with Crippen molar-refractivity contribution in [1.29, 1.82) is 0 Å². The zero-order chi connectivity index (χ0) is 32.6. The summed E-state index contributed by atoms with van der Waals surface area (Å²) in [4.78, 5) is 5.25. The van der Waals surface area contributed by atoms with E-state index < -0.39 is 0 Å². The Hall–Kier alpha value is -4.50. The number of benzene rings is 3. The largest absolute Gasteiger partial charge is 0.134 e. The molecule has 0 N–H and O–H groups in total. The smallest absolute Gasteiger partial charge is 0.0449 e. The van der Waals surface area contributed by atoms with Crippen LogP contribution in [-0.4, -0.2) is 0 Å². The lowest BCUT2D eigenvalue weighted by atomic mass is 9.84. The van der Waals surface area contributed by atoms with E-state index in [2.05, 4.69) is 160 Å². The van der Waals surface area contributed by atoms with Crippen molar-refractivity contribution in [2.45, 2.75) is 47.0 Å². The Bertz CT molecular complexity index is 2140. The van der Waals surface area contributed by atoms with Gasteiger partial charge in [0.05, 0.1) is 0 Å². The van der Waals surface area contributed by atoms with Crippen molar-refractivity contribution >= 4 is 60.9 Å². The number of allylic oxidation sites excluding steroid dienone is 16. The third-order valence-corrected chi connectivity index (χ3v) is 10.9. The van der Waals surface area contributed by atoms with E-state index in [1.807, 2.05) is 36.5 Å². The van der Waals surface area contributed by atoms with E-state index in [9.17, 15) is 0 Å². The molecule has 0 bridgehead atoms. The summed E-state index contributed by atoms with van der Waals surface area (Å²) < 4.78 is 0. The monoisotopic (exact) mass is 646 g/mol. The van der Waals surface area contributed by atoms with Crippen LogP contribution in [0, 0.1) is 0 Å². The first-order valence-corrected chi connectivity index (χ1v) is 18.5. The van der Waals surface area contributed by atoms with Crippen LogP contribution in [0.3, 0.4) is 0 Å². The summed E-state index contributed by atoms with van der Waals surface area (Å²) in [5, 5.41) is 5.17. The molecule has 2 aliphatic carbocycles. The lowest BCUT2D eigenvalue weighted by Gasteiger charge is -2.19. The minimum atomic E-state index is 0.954. The van der Waals surface area contributed by atoms with Crippen LogP contribution in [0.15, 0.2) is 146 Å². The van der Waals surface area contributed by atoms with Gasteiger partial charge in [-0.2, -0.15) is 0 Å². The molecule has 5 aromatic rings. The van der Waals surface area contributed by atoms with Gasteiger partial charge in [0.1, 0.15) is 0 Å². The van der Waals surface area contributed by atoms with Gasteiger partial charge in [-0.1, -0.05) is 136 Å². The standard InChI is InChI=1S/C43H36S2.C2H6/c1-3-5-16-30(4-2)38-25-27-40(44-38)41-28-26-39(45-41)33-23-24-36-37(29-33)43(32-19-12-8-9-13-20-32)35-22-15-14-21-34(35)42(36)31-17-10-6-7-11-18-31;1-2/h4-6,8,10-29H,3,7,9H2,1-2H3;1-2H3/b16-5-,30-4+;. The fraction of sp³-hybridized carbons (Fsp3) is 0.156. The number of fused-ring (bicyclic) bond motifs is 2.